The normalized spacial score (nSPS) is 19.7. The summed E-state index contributed by atoms with van der Waals surface area (Å²) in [5.74, 6) is -1.95. The van der Waals surface area contributed by atoms with Crippen LogP contribution < -0.4 is 10.6 Å². The van der Waals surface area contributed by atoms with E-state index in [1.807, 2.05) is 36.4 Å². The highest BCUT2D eigenvalue weighted by molar-refractivity contribution is 5.82. The maximum absolute atomic E-state index is 12.4. The minimum Gasteiger partial charge on any atom is -0.481 e. The highest BCUT2D eigenvalue weighted by Crippen LogP contribution is 2.44. The number of carboxylic acids is 1. The van der Waals surface area contributed by atoms with Crippen molar-refractivity contribution in [2.75, 3.05) is 33.4 Å². The molecule has 0 bridgehead atoms. The van der Waals surface area contributed by atoms with Crippen molar-refractivity contribution in [3.63, 3.8) is 0 Å². The highest BCUT2D eigenvalue weighted by atomic mass is 16.5. The zero-order valence-electron chi connectivity index (χ0n) is 18.9. The molecule has 2 amide bonds. The molecule has 9 nitrogen and oxygen atoms in total. The lowest BCUT2D eigenvalue weighted by Gasteiger charge is -2.18. The number of benzene rings is 2. The lowest BCUT2D eigenvalue weighted by Crippen LogP contribution is -2.45. The van der Waals surface area contributed by atoms with Gasteiger partial charge in [0.2, 0.25) is 0 Å². The molecule has 2 aromatic rings. The monoisotopic (exact) mass is 468 g/mol. The zero-order chi connectivity index (χ0) is 24.1. The summed E-state index contributed by atoms with van der Waals surface area (Å²) in [5, 5.41) is 14.3. The Kier molecular flexibility index (Phi) is 7.44. The molecular weight excluding hydrogens is 440 g/mol. The van der Waals surface area contributed by atoms with Gasteiger partial charge in [-0.2, -0.15) is 0 Å². The number of carbonyl (C=O) groups excluding carboxylic acids is 2. The fourth-order valence-corrected chi connectivity index (χ4v) is 4.46. The van der Waals surface area contributed by atoms with Gasteiger partial charge in [-0.25, -0.2) is 4.79 Å². The van der Waals surface area contributed by atoms with E-state index in [4.69, 9.17) is 19.3 Å². The molecule has 180 valence electrons. The number of hydrogen-bond acceptors (Lipinski definition) is 6. The molecule has 1 heterocycles. The van der Waals surface area contributed by atoms with Crippen molar-refractivity contribution >= 4 is 18.0 Å². The van der Waals surface area contributed by atoms with E-state index >= 15 is 0 Å². The van der Waals surface area contributed by atoms with Gasteiger partial charge in [-0.3, -0.25) is 9.59 Å². The topological polar surface area (TPSA) is 123 Å². The van der Waals surface area contributed by atoms with Gasteiger partial charge in [0, 0.05) is 19.6 Å². The third kappa shape index (κ3) is 5.21. The molecule has 0 spiro atoms. The summed E-state index contributed by atoms with van der Waals surface area (Å²) in [6.07, 6.45) is -1.58. The van der Waals surface area contributed by atoms with Gasteiger partial charge in [0.1, 0.15) is 6.61 Å². The number of amides is 2. The third-order valence-electron chi connectivity index (χ3n) is 6.29. The second-order valence-corrected chi connectivity index (χ2v) is 8.40. The first-order valence-corrected chi connectivity index (χ1v) is 11.2. The number of nitrogens with one attached hydrogen (secondary N) is 2. The number of alkyl carbamates (subject to hydrolysis) is 1. The van der Waals surface area contributed by atoms with Gasteiger partial charge in [-0.1, -0.05) is 48.5 Å². The summed E-state index contributed by atoms with van der Waals surface area (Å²) in [5.41, 5.74) is 4.52. The van der Waals surface area contributed by atoms with Gasteiger partial charge < -0.3 is 30.0 Å². The van der Waals surface area contributed by atoms with Crippen LogP contribution in [0.4, 0.5) is 4.79 Å². The Morgan fingerprint density at radius 1 is 1.06 bits per heavy atom. The average Bonchev–Trinajstić information content (AvgIpc) is 3.45. The number of aliphatic carboxylic acids is 1. The molecule has 1 aliphatic heterocycles. The Labute approximate surface area is 197 Å². The Bertz CT molecular complexity index is 1010. The summed E-state index contributed by atoms with van der Waals surface area (Å²) in [7, 11) is 1.37. The number of hydrogen-bond donors (Lipinski definition) is 3. The van der Waals surface area contributed by atoms with E-state index in [1.54, 1.807) is 0 Å². The van der Waals surface area contributed by atoms with Crippen molar-refractivity contribution in [3.05, 3.63) is 59.7 Å². The van der Waals surface area contributed by atoms with Crippen LogP contribution in [0, 0.1) is 5.92 Å². The maximum atomic E-state index is 12.4. The standard InChI is InChI=1S/C25H28N2O7/c1-32-22(23(28)26-11-16-10-15(13-33-16)24(29)30)12-27-25(31)34-14-21-19-8-4-2-6-17(19)18-7-3-5-9-20(18)21/h2-9,15-16,21-22H,10-14H2,1H3,(H,26,28)(H,27,31)(H,29,30)/t15-,16-,22?/m0/s1. The van der Waals surface area contributed by atoms with Gasteiger partial charge in [0.05, 0.1) is 25.2 Å². The van der Waals surface area contributed by atoms with E-state index in [0.717, 1.165) is 22.3 Å². The molecule has 3 atom stereocenters. The first kappa shape index (κ1) is 23.7. The summed E-state index contributed by atoms with van der Waals surface area (Å²) in [6.45, 7) is 0.413. The molecule has 1 unspecified atom stereocenters. The molecule has 0 aromatic heterocycles. The third-order valence-corrected chi connectivity index (χ3v) is 6.29. The SMILES string of the molecule is COC(CNC(=O)OCC1c2ccccc2-c2ccccc21)C(=O)NC[C@@H]1C[C@H](C(=O)O)CO1. The number of methoxy groups -OCH3 is 1. The number of rotatable bonds is 9. The van der Waals surface area contributed by atoms with Crippen molar-refractivity contribution in [2.24, 2.45) is 5.92 Å². The fourth-order valence-electron chi connectivity index (χ4n) is 4.46. The average molecular weight is 469 g/mol. The minimum absolute atomic E-state index is 0.0549. The second-order valence-electron chi connectivity index (χ2n) is 8.40. The van der Waals surface area contributed by atoms with Gasteiger partial charge in [-0.15, -0.1) is 0 Å². The summed E-state index contributed by atoms with van der Waals surface area (Å²) < 4.78 is 16.1. The van der Waals surface area contributed by atoms with Crippen molar-refractivity contribution in [3.8, 4) is 11.1 Å². The van der Waals surface area contributed by atoms with Crippen molar-refractivity contribution in [1.82, 2.24) is 10.6 Å². The lowest BCUT2D eigenvalue weighted by atomic mass is 9.98. The summed E-state index contributed by atoms with van der Waals surface area (Å²) in [4.78, 5) is 35.7. The second kappa shape index (κ2) is 10.7. The number of ether oxygens (including phenoxy) is 3. The van der Waals surface area contributed by atoms with Crippen LogP contribution in [0.25, 0.3) is 11.1 Å². The van der Waals surface area contributed by atoms with Crippen LogP contribution in [0.2, 0.25) is 0 Å². The Balaban J connectivity index is 1.24. The van der Waals surface area contributed by atoms with Gasteiger partial charge in [0.25, 0.3) is 5.91 Å². The molecule has 3 N–H and O–H groups in total. The van der Waals surface area contributed by atoms with Crippen LogP contribution in [-0.2, 0) is 23.8 Å². The molecule has 1 fully saturated rings. The molecule has 1 aliphatic carbocycles. The van der Waals surface area contributed by atoms with Gasteiger partial charge in [0.15, 0.2) is 6.10 Å². The molecule has 2 aliphatic rings. The Morgan fingerprint density at radius 2 is 1.71 bits per heavy atom. The van der Waals surface area contributed by atoms with E-state index < -0.39 is 30.0 Å². The summed E-state index contributed by atoms with van der Waals surface area (Å²) in [6, 6.07) is 16.1. The van der Waals surface area contributed by atoms with E-state index in [0.29, 0.717) is 6.42 Å². The molecular formula is C25H28N2O7. The van der Waals surface area contributed by atoms with Crippen LogP contribution in [0.5, 0.6) is 0 Å². The smallest absolute Gasteiger partial charge is 0.407 e. The maximum Gasteiger partial charge on any atom is 0.407 e. The van der Waals surface area contributed by atoms with Crippen molar-refractivity contribution in [2.45, 2.75) is 24.5 Å². The van der Waals surface area contributed by atoms with Crippen LogP contribution >= 0.6 is 0 Å². The van der Waals surface area contributed by atoms with E-state index in [9.17, 15) is 14.4 Å². The van der Waals surface area contributed by atoms with Crippen LogP contribution in [-0.4, -0.2) is 68.7 Å². The van der Waals surface area contributed by atoms with Crippen LogP contribution in [0.3, 0.4) is 0 Å². The lowest BCUT2D eigenvalue weighted by molar-refractivity contribution is -0.141. The number of carboxylic acid groups (broad SMARTS) is 1. The summed E-state index contributed by atoms with van der Waals surface area (Å²) >= 11 is 0. The molecule has 0 saturated carbocycles. The van der Waals surface area contributed by atoms with Crippen LogP contribution in [0.15, 0.2) is 48.5 Å². The first-order valence-electron chi connectivity index (χ1n) is 11.2. The predicted octanol–water partition coefficient (Wildman–Crippen LogP) is 2.15. The Hall–Kier alpha value is -3.43. The minimum atomic E-state index is -0.919. The van der Waals surface area contributed by atoms with Crippen LogP contribution in [0.1, 0.15) is 23.5 Å². The van der Waals surface area contributed by atoms with Gasteiger partial charge >= 0.3 is 12.1 Å². The van der Waals surface area contributed by atoms with E-state index in [2.05, 4.69) is 22.8 Å². The molecule has 0 radical (unpaired) electrons. The molecule has 9 heteroatoms. The fraction of sp³-hybridized carbons (Fsp3) is 0.400. The number of fused-ring (bicyclic) bond motifs is 3. The van der Waals surface area contributed by atoms with Crippen molar-refractivity contribution < 1.29 is 33.7 Å². The number of carbonyl (C=O) groups is 3. The van der Waals surface area contributed by atoms with E-state index in [-0.39, 0.29) is 38.3 Å². The Morgan fingerprint density at radius 3 is 2.29 bits per heavy atom. The van der Waals surface area contributed by atoms with Crippen molar-refractivity contribution in [1.29, 1.82) is 0 Å². The molecule has 1 saturated heterocycles. The molecule has 2 aromatic carbocycles. The largest absolute Gasteiger partial charge is 0.481 e. The molecule has 4 rings (SSSR count). The zero-order valence-corrected chi connectivity index (χ0v) is 18.9. The van der Waals surface area contributed by atoms with E-state index in [1.165, 1.54) is 7.11 Å². The quantitative estimate of drug-likeness (QED) is 0.515. The highest BCUT2D eigenvalue weighted by Gasteiger charge is 2.32. The predicted molar refractivity (Wildman–Crippen MR) is 122 cm³/mol. The van der Waals surface area contributed by atoms with Gasteiger partial charge in [-0.05, 0) is 28.7 Å². The first-order chi connectivity index (χ1) is 16.5. The molecule has 34 heavy (non-hydrogen) atoms.